The predicted octanol–water partition coefficient (Wildman–Crippen LogP) is 4.38. The highest BCUT2D eigenvalue weighted by Gasteiger charge is 2.24. The molecule has 7 nitrogen and oxygen atoms in total. The van der Waals surface area contributed by atoms with Gasteiger partial charge in [0.25, 0.3) is 0 Å². The van der Waals surface area contributed by atoms with Gasteiger partial charge >= 0.3 is 0 Å². The number of hydrogen-bond acceptors (Lipinski definition) is 7. The van der Waals surface area contributed by atoms with E-state index in [2.05, 4.69) is 46.2 Å². The molecule has 8 heteroatoms. The van der Waals surface area contributed by atoms with Crippen molar-refractivity contribution in [3.63, 3.8) is 0 Å². The van der Waals surface area contributed by atoms with E-state index < -0.39 is 9.84 Å². The average Bonchev–Trinajstić information content (AvgIpc) is 3.56. The van der Waals surface area contributed by atoms with Gasteiger partial charge in [0.2, 0.25) is 21.6 Å². The zero-order chi connectivity index (χ0) is 23.7. The van der Waals surface area contributed by atoms with Crippen LogP contribution in [0, 0.1) is 0 Å². The van der Waals surface area contributed by atoms with Crippen LogP contribution in [0.4, 0.5) is 5.69 Å². The smallest absolute Gasteiger partial charge is 0.248 e. The number of aromatic nitrogens is 2. The van der Waals surface area contributed by atoms with Gasteiger partial charge in [0.05, 0.1) is 9.79 Å². The first-order valence-corrected chi connectivity index (χ1v) is 12.7. The van der Waals surface area contributed by atoms with E-state index in [1.807, 2.05) is 12.1 Å². The first-order valence-electron chi connectivity index (χ1n) is 11.2. The van der Waals surface area contributed by atoms with Gasteiger partial charge < -0.3 is 14.2 Å². The van der Waals surface area contributed by atoms with Crippen molar-refractivity contribution in [2.45, 2.75) is 22.3 Å². The highest BCUT2D eigenvalue weighted by molar-refractivity contribution is 7.91. The summed E-state index contributed by atoms with van der Waals surface area (Å²) in [6.45, 7) is 2.07. The molecule has 0 amide bonds. The van der Waals surface area contributed by atoms with E-state index in [1.54, 1.807) is 54.6 Å². The van der Waals surface area contributed by atoms with Gasteiger partial charge in [0.15, 0.2) is 0 Å². The monoisotopic (exact) mass is 474 g/mol. The molecule has 0 saturated carbocycles. The maximum atomic E-state index is 12.8. The second-order valence-corrected chi connectivity index (χ2v) is 10.6. The summed E-state index contributed by atoms with van der Waals surface area (Å²) in [5.41, 5.74) is 2.69. The van der Waals surface area contributed by atoms with E-state index in [9.17, 15) is 8.42 Å². The summed E-state index contributed by atoms with van der Waals surface area (Å²) >= 11 is 0. The molecule has 0 bridgehead atoms. The van der Waals surface area contributed by atoms with Crippen molar-refractivity contribution in [3.05, 3.63) is 78.9 Å². The Morgan fingerprint density at radius 1 is 0.824 bits per heavy atom. The minimum absolute atomic E-state index is 0.219. The molecule has 1 fully saturated rings. The number of anilines is 1. The van der Waals surface area contributed by atoms with Crippen molar-refractivity contribution in [2.75, 3.05) is 32.1 Å². The van der Waals surface area contributed by atoms with E-state index in [-0.39, 0.29) is 9.79 Å². The minimum atomic E-state index is -3.57. The number of sulfone groups is 1. The summed E-state index contributed by atoms with van der Waals surface area (Å²) in [4.78, 5) is 5.14. The van der Waals surface area contributed by atoms with E-state index in [0.717, 1.165) is 25.1 Å². The summed E-state index contributed by atoms with van der Waals surface area (Å²) < 4.78 is 31.5. The van der Waals surface area contributed by atoms with Crippen molar-refractivity contribution < 1.29 is 12.8 Å². The molecule has 34 heavy (non-hydrogen) atoms. The molecule has 1 aliphatic rings. The lowest BCUT2D eigenvalue weighted by Crippen LogP contribution is -2.31. The van der Waals surface area contributed by atoms with Crippen LogP contribution in [-0.2, 0) is 9.84 Å². The fraction of sp³-hybridized carbons (Fsp3) is 0.231. The van der Waals surface area contributed by atoms with Crippen molar-refractivity contribution in [1.82, 2.24) is 15.1 Å². The molecule has 2 heterocycles. The van der Waals surface area contributed by atoms with Crippen LogP contribution < -0.4 is 4.90 Å². The standard InChI is InChI=1S/C26H26N4O3S/c1-29(2)22-16-17-30(18-22)21-12-8-19(9-13-21)25-27-28-26(33-25)20-10-14-24(15-11-20)34(31,32)23-6-4-3-5-7-23/h3-15,22H,16-18H2,1-2H3. The van der Waals surface area contributed by atoms with Crippen LogP contribution in [0.3, 0.4) is 0 Å². The Labute approximate surface area is 199 Å². The predicted molar refractivity (Wildman–Crippen MR) is 131 cm³/mol. The second kappa shape index (κ2) is 9.04. The topological polar surface area (TPSA) is 79.5 Å². The molecule has 1 unspecified atom stereocenters. The molecule has 174 valence electrons. The summed E-state index contributed by atoms with van der Waals surface area (Å²) in [5.74, 6) is 0.770. The number of likely N-dealkylation sites (N-methyl/N-ethyl adjacent to an activating group) is 1. The number of benzene rings is 3. The first-order chi connectivity index (χ1) is 16.4. The van der Waals surface area contributed by atoms with Crippen molar-refractivity contribution in [1.29, 1.82) is 0 Å². The van der Waals surface area contributed by atoms with Gasteiger partial charge in [-0.25, -0.2) is 8.42 Å². The molecule has 1 aliphatic heterocycles. The fourth-order valence-electron chi connectivity index (χ4n) is 4.18. The summed E-state index contributed by atoms with van der Waals surface area (Å²) in [6.07, 6.45) is 1.16. The van der Waals surface area contributed by atoms with Gasteiger partial charge in [-0.3, -0.25) is 0 Å². The Balaban J connectivity index is 1.31. The van der Waals surface area contributed by atoms with Crippen LogP contribution in [0.25, 0.3) is 22.9 Å². The Hall–Kier alpha value is -3.49. The summed E-state index contributed by atoms with van der Waals surface area (Å²) in [6, 6.07) is 23.6. The van der Waals surface area contributed by atoms with Gasteiger partial charge in [-0.1, -0.05) is 18.2 Å². The van der Waals surface area contributed by atoms with Gasteiger partial charge in [-0.2, -0.15) is 0 Å². The third kappa shape index (κ3) is 4.34. The zero-order valence-corrected chi connectivity index (χ0v) is 19.9. The zero-order valence-electron chi connectivity index (χ0n) is 19.1. The molecule has 5 rings (SSSR count). The van der Waals surface area contributed by atoms with Crippen LogP contribution in [0.1, 0.15) is 6.42 Å². The molecule has 0 N–H and O–H groups in total. The van der Waals surface area contributed by atoms with Crippen LogP contribution in [0.5, 0.6) is 0 Å². The van der Waals surface area contributed by atoms with E-state index >= 15 is 0 Å². The van der Waals surface area contributed by atoms with Crippen LogP contribution in [0.15, 0.2) is 93.1 Å². The SMILES string of the molecule is CN(C)C1CCN(c2ccc(-c3nnc(-c4ccc(S(=O)(=O)c5ccccc5)cc4)o3)cc2)C1. The molecule has 1 aromatic heterocycles. The van der Waals surface area contributed by atoms with Gasteiger partial charge in [0.1, 0.15) is 0 Å². The van der Waals surface area contributed by atoms with Gasteiger partial charge in [-0.15, -0.1) is 10.2 Å². The van der Waals surface area contributed by atoms with Crippen LogP contribution in [-0.4, -0.2) is 56.7 Å². The third-order valence-electron chi connectivity index (χ3n) is 6.26. The van der Waals surface area contributed by atoms with Crippen LogP contribution >= 0.6 is 0 Å². The Bertz CT molecular complexity index is 1370. The minimum Gasteiger partial charge on any atom is -0.416 e. The molecule has 1 atom stereocenters. The van der Waals surface area contributed by atoms with E-state index in [0.29, 0.717) is 23.4 Å². The number of rotatable bonds is 6. The van der Waals surface area contributed by atoms with Crippen LogP contribution in [0.2, 0.25) is 0 Å². The fourth-order valence-corrected chi connectivity index (χ4v) is 5.46. The second-order valence-electron chi connectivity index (χ2n) is 8.65. The molecule has 0 radical (unpaired) electrons. The highest BCUT2D eigenvalue weighted by atomic mass is 32.2. The summed E-state index contributed by atoms with van der Waals surface area (Å²) in [7, 11) is 0.682. The maximum Gasteiger partial charge on any atom is 0.248 e. The maximum absolute atomic E-state index is 12.8. The first kappa shape index (κ1) is 22.3. The Kier molecular flexibility index (Phi) is 5.93. The molecule has 4 aromatic rings. The Morgan fingerprint density at radius 3 is 1.94 bits per heavy atom. The lowest BCUT2D eigenvalue weighted by Gasteiger charge is -2.21. The molecule has 3 aromatic carbocycles. The van der Waals surface area contributed by atoms with Gasteiger partial charge in [-0.05, 0) is 81.2 Å². The molecular weight excluding hydrogens is 448 g/mol. The normalized spacial score (nSPS) is 16.3. The Morgan fingerprint density at radius 2 is 1.38 bits per heavy atom. The molecule has 0 aliphatic carbocycles. The lowest BCUT2D eigenvalue weighted by atomic mass is 10.2. The number of nitrogens with zero attached hydrogens (tertiary/aromatic N) is 4. The summed E-state index contributed by atoms with van der Waals surface area (Å²) in [5, 5.41) is 8.35. The molecular formula is C26H26N4O3S. The van der Waals surface area contributed by atoms with Gasteiger partial charge in [0, 0.05) is 35.9 Å². The lowest BCUT2D eigenvalue weighted by molar-refractivity contribution is 0.315. The highest BCUT2D eigenvalue weighted by Crippen LogP contribution is 2.29. The third-order valence-corrected chi connectivity index (χ3v) is 8.05. The van der Waals surface area contributed by atoms with Crippen molar-refractivity contribution >= 4 is 15.5 Å². The largest absolute Gasteiger partial charge is 0.416 e. The van der Waals surface area contributed by atoms with Crippen molar-refractivity contribution in [2.24, 2.45) is 0 Å². The molecule has 0 spiro atoms. The quantitative estimate of drug-likeness (QED) is 0.410. The average molecular weight is 475 g/mol. The number of hydrogen-bond donors (Lipinski definition) is 0. The van der Waals surface area contributed by atoms with E-state index in [4.69, 9.17) is 4.42 Å². The molecule has 1 saturated heterocycles. The van der Waals surface area contributed by atoms with E-state index in [1.165, 1.54) is 5.69 Å². The van der Waals surface area contributed by atoms with Crippen molar-refractivity contribution in [3.8, 4) is 22.9 Å².